The van der Waals surface area contributed by atoms with Crippen molar-refractivity contribution in [3.8, 4) is 0 Å². The number of thiophene rings is 1. The number of hydrogen-bond acceptors (Lipinski definition) is 3. The minimum absolute atomic E-state index is 0.0300. The summed E-state index contributed by atoms with van der Waals surface area (Å²) in [5.74, 6) is 0.000326. The number of hydrogen-bond donors (Lipinski definition) is 0. The van der Waals surface area contributed by atoms with E-state index in [4.69, 9.17) is 0 Å². The van der Waals surface area contributed by atoms with E-state index in [9.17, 15) is 9.59 Å². The predicted octanol–water partition coefficient (Wildman–Crippen LogP) is 5.51. The van der Waals surface area contributed by atoms with Crippen LogP contribution < -0.4 is 0 Å². The summed E-state index contributed by atoms with van der Waals surface area (Å²) >= 11 is 1.64. The summed E-state index contributed by atoms with van der Waals surface area (Å²) < 4.78 is 0. The lowest BCUT2D eigenvalue weighted by Crippen LogP contribution is -2.44. The van der Waals surface area contributed by atoms with Crippen LogP contribution in [0, 0.1) is 5.92 Å². The van der Waals surface area contributed by atoms with E-state index in [1.807, 2.05) is 59.7 Å². The third kappa shape index (κ3) is 7.45. The van der Waals surface area contributed by atoms with E-state index in [-0.39, 0.29) is 24.3 Å². The highest BCUT2D eigenvalue weighted by Gasteiger charge is 2.26. The third-order valence-electron chi connectivity index (χ3n) is 5.23. The Hall–Kier alpha value is -2.40. The average molecular weight is 427 g/mol. The zero-order chi connectivity index (χ0) is 21.8. The molecule has 0 fully saturated rings. The van der Waals surface area contributed by atoms with Crippen molar-refractivity contribution in [1.29, 1.82) is 0 Å². The number of rotatable bonds is 13. The zero-order valence-electron chi connectivity index (χ0n) is 18.3. The van der Waals surface area contributed by atoms with Gasteiger partial charge in [-0.2, -0.15) is 0 Å². The van der Waals surface area contributed by atoms with E-state index in [0.29, 0.717) is 19.6 Å². The Bertz CT molecular complexity index is 774. The topological polar surface area (TPSA) is 40.6 Å². The molecule has 0 aliphatic heterocycles. The Labute approximate surface area is 185 Å². The molecule has 2 rings (SSSR count). The Balaban J connectivity index is 2.14. The Morgan fingerprint density at radius 2 is 1.83 bits per heavy atom. The molecule has 0 aliphatic rings. The first-order valence-electron chi connectivity index (χ1n) is 10.8. The SMILES string of the molecule is C=CCN(CC(=O)N(Cc1ccccc1)Cc1cccs1)C(=O)[C@@H](CC)CCCC. The van der Waals surface area contributed by atoms with Crippen molar-refractivity contribution < 1.29 is 9.59 Å². The van der Waals surface area contributed by atoms with Crippen LogP contribution in [0.5, 0.6) is 0 Å². The number of nitrogens with zero attached hydrogens (tertiary/aromatic N) is 2. The van der Waals surface area contributed by atoms with Crippen LogP contribution in [0.1, 0.15) is 50.0 Å². The van der Waals surface area contributed by atoms with Gasteiger partial charge in [-0.05, 0) is 29.9 Å². The summed E-state index contributed by atoms with van der Waals surface area (Å²) in [5, 5.41) is 2.02. The maximum Gasteiger partial charge on any atom is 0.242 e. The van der Waals surface area contributed by atoms with Crippen LogP contribution in [0.15, 0.2) is 60.5 Å². The van der Waals surface area contributed by atoms with E-state index in [0.717, 1.165) is 36.1 Å². The van der Waals surface area contributed by atoms with Gasteiger partial charge >= 0.3 is 0 Å². The Kier molecular flexibility index (Phi) is 10.4. The summed E-state index contributed by atoms with van der Waals surface area (Å²) in [6, 6.07) is 14.0. The second-order valence-corrected chi connectivity index (χ2v) is 8.60. The van der Waals surface area contributed by atoms with E-state index in [2.05, 4.69) is 13.5 Å². The molecular formula is C25H34N2O2S. The molecule has 0 aliphatic carbocycles. The zero-order valence-corrected chi connectivity index (χ0v) is 19.1. The fraction of sp³-hybridized carbons (Fsp3) is 0.440. The second-order valence-electron chi connectivity index (χ2n) is 7.57. The summed E-state index contributed by atoms with van der Waals surface area (Å²) in [6.45, 7) is 9.54. The molecule has 0 unspecified atom stereocenters. The molecule has 2 amide bonds. The standard InChI is InChI=1S/C25H34N2O2S/c1-4-7-14-22(6-3)25(29)26(16-5-2)20-24(28)27(19-23-15-11-17-30-23)18-21-12-9-8-10-13-21/h5,8-13,15,17,22H,2,4,6-7,14,16,18-20H2,1,3H3/t22-/m0/s1. The highest BCUT2D eigenvalue weighted by molar-refractivity contribution is 7.09. The fourth-order valence-electron chi connectivity index (χ4n) is 3.49. The Morgan fingerprint density at radius 1 is 1.07 bits per heavy atom. The number of benzene rings is 1. The molecule has 0 spiro atoms. The molecule has 1 heterocycles. The smallest absolute Gasteiger partial charge is 0.242 e. The van der Waals surface area contributed by atoms with Crippen LogP contribution >= 0.6 is 11.3 Å². The molecule has 1 atom stereocenters. The van der Waals surface area contributed by atoms with Gasteiger partial charge in [0, 0.05) is 23.9 Å². The Morgan fingerprint density at radius 3 is 2.43 bits per heavy atom. The van der Waals surface area contributed by atoms with Crippen LogP contribution in [-0.2, 0) is 22.7 Å². The molecule has 0 radical (unpaired) electrons. The molecule has 0 N–H and O–H groups in total. The van der Waals surface area contributed by atoms with Crippen molar-refractivity contribution in [2.75, 3.05) is 13.1 Å². The van der Waals surface area contributed by atoms with Crippen LogP contribution in [-0.4, -0.2) is 34.7 Å². The molecule has 2 aromatic rings. The van der Waals surface area contributed by atoms with Crippen molar-refractivity contribution in [2.45, 2.75) is 52.6 Å². The van der Waals surface area contributed by atoms with Gasteiger partial charge in [-0.3, -0.25) is 9.59 Å². The van der Waals surface area contributed by atoms with Crippen molar-refractivity contribution >= 4 is 23.2 Å². The highest BCUT2D eigenvalue weighted by atomic mass is 32.1. The molecule has 1 aromatic heterocycles. The number of amides is 2. The first-order valence-corrected chi connectivity index (χ1v) is 11.7. The highest BCUT2D eigenvalue weighted by Crippen LogP contribution is 2.18. The van der Waals surface area contributed by atoms with Gasteiger partial charge in [0.1, 0.15) is 6.54 Å². The number of carbonyl (C=O) groups excluding carboxylic acids is 2. The first kappa shape index (κ1) is 23.9. The molecule has 30 heavy (non-hydrogen) atoms. The lowest BCUT2D eigenvalue weighted by molar-refractivity contribution is -0.143. The minimum Gasteiger partial charge on any atom is -0.332 e. The molecular weight excluding hydrogens is 392 g/mol. The quantitative estimate of drug-likeness (QED) is 0.396. The lowest BCUT2D eigenvalue weighted by Gasteiger charge is -2.29. The molecule has 162 valence electrons. The van der Waals surface area contributed by atoms with Gasteiger partial charge in [0.25, 0.3) is 0 Å². The first-order chi connectivity index (χ1) is 14.6. The molecule has 4 nitrogen and oxygen atoms in total. The lowest BCUT2D eigenvalue weighted by atomic mass is 9.97. The van der Waals surface area contributed by atoms with Gasteiger partial charge in [-0.15, -0.1) is 17.9 Å². The van der Waals surface area contributed by atoms with E-state index < -0.39 is 0 Å². The van der Waals surface area contributed by atoms with E-state index in [1.54, 1.807) is 22.3 Å². The fourth-order valence-corrected chi connectivity index (χ4v) is 4.21. The second kappa shape index (κ2) is 13.0. The van der Waals surface area contributed by atoms with Gasteiger partial charge < -0.3 is 9.80 Å². The summed E-state index contributed by atoms with van der Waals surface area (Å²) in [4.78, 5) is 31.1. The van der Waals surface area contributed by atoms with E-state index >= 15 is 0 Å². The van der Waals surface area contributed by atoms with E-state index in [1.165, 1.54) is 0 Å². The van der Waals surface area contributed by atoms with Gasteiger partial charge in [-0.25, -0.2) is 0 Å². The molecule has 0 saturated carbocycles. The monoisotopic (exact) mass is 426 g/mol. The largest absolute Gasteiger partial charge is 0.332 e. The number of carbonyl (C=O) groups is 2. The molecule has 5 heteroatoms. The summed E-state index contributed by atoms with van der Waals surface area (Å²) in [6.07, 6.45) is 5.47. The average Bonchev–Trinajstić information content (AvgIpc) is 3.27. The summed E-state index contributed by atoms with van der Waals surface area (Å²) in [5.41, 5.74) is 1.08. The minimum atomic E-state index is -0.0344. The normalized spacial score (nSPS) is 11.7. The van der Waals surface area contributed by atoms with Gasteiger partial charge in [0.15, 0.2) is 0 Å². The van der Waals surface area contributed by atoms with Crippen LogP contribution in [0.4, 0.5) is 0 Å². The molecule has 0 saturated heterocycles. The third-order valence-corrected chi connectivity index (χ3v) is 6.09. The van der Waals surface area contributed by atoms with Gasteiger partial charge in [0.2, 0.25) is 11.8 Å². The van der Waals surface area contributed by atoms with Crippen molar-refractivity contribution in [2.24, 2.45) is 5.92 Å². The maximum atomic E-state index is 13.3. The summed E-state index contributed by atoms with van der Waals surface area (Å²) in [7, 11) is 0. The van der Waals surface area contributed by atoms with Crippen molar-refractivity contribution in [3.05, 3.63) is 70.9 Å². The van der Waals surface area contributed by atoms with Gasteiger partial charge in [0.05, 0.1) is 6.54 Å². The van der Waals surface area contributed by atoms with Crippen LogP contribution in [0.25, 0.3) is 0 Å². The van der Waals surface area contributed by atoms with Crippen molar-refractivity contribution in [3.63, 3.8) is 0 Å². The van der Waals surface area contributed by atoms with Crippen LogP contribution in [0.3, 0.4) is 0 Å². The maximum absolute atomic E-state index is 13.3. The number of unbranched alkanes of at least 4 members (excludes halogenated alkanes) is 1. The molecule has 1 aromatic carbocycles. The van der Waals surface area contributed by atoms with Crippen LogP contribution in [0.2, 0.25) is 0 Å². The molecule has 0 bridgehead atoms. The van der Waals surface area contributed by atoms with Crippen molar-refractivity contribution in [1.82, 2.24) is 9.80 Å². The predicted molar refractivity (Wildman–Crippen MR) is 125 cm³/mol. The van der Waals surface area contributed by atoms with Gasteiger partial charge in [-0.1, -0.05) is 69.2 Å².